The molecule has 0 saturated heterocycles. The van der Waals surface area contributed by atoms with E-state index in [2.05, 4.69) is 4.98 Å². The van der Waals surface area contributed by atoms with Gasteiger partial charge in [0, 0.05) is 11.5 Å². The fraction of sp³-hybridized carbons (Fsp3) is 0.0667. The molecule has 0 atom stereocenters. The molecule has 0 spiro atoms. The molecule has 25 heavy (non-hydrogen) atoms. The molecule has 1 aliphatic rings. The zero-order valence-electron chi connectivity index (χ0n) is 12.6. The van der Waals surface area contributed by atoms with Crippen molar-refractivity contribution in [2.45, 2.75) is 14.8 Å². The first kappa shape index (κ1) is 15.9. The monoisotopic (exact) mass is 380 g/mol. The van der Waals surface area contributed by atoms with Gasteiger partial charge in [-0.3, -0.25) is 0 Å². The number of sulfone groups is 1. The molecule has 1 aliphatic heterocycles. The molecule has 0 bridgehead atoms. The third-order valence-corrected chi connectivity index (χ3v) is 6.68. The van der Waals surface area contributed by atoms with Crippen LogP contribution in [0.15, 0.2) is 57.3 Å². The van der Waals surface area contributed by atoms with E-state index in [0.29, 0.717) is 11.5 Å². The highest BCUT2D eigenvalue weighted by atomic mass is 32.2. The highest BCUT2D eigenvalue weighted by Gasteiger charge is 2.32. The normalized spacial score (nSPS) is 14.1. The van der Waals surface area contributed by atoms with Crippen LogP contribution in [0.4, 0.5) is 0 Å². The smallest absolute Gasteiger partial charge is 0.254 e. The third kappa shape index (κ3) is 2.46. The zero-order chi connectivity index (χ0) is 17.8. The maximum atomic E-state index is 13.1. The molecule has 3 N–H and O–H groups in total. The van der Waals surface area contributed by atoms with Gasteiger partial charge in [0.25, 0.3) is 10.0 Å². The van der Waals surface area contributed by atoms with E-state index in [1.165, 1.54) is 24.3 Å². The summed E-state index contributed by atoms with van der Waals surface area (Å²) in [5.74, 6) is 0.718. The van der Waals surface area contributed by atoms with E-state index < -0.39 is 29.8 Å². The Hall–Kier alpha value is -2.56. The number of rotatable bonds is 3. The van der Waals surface area contributed by atoms with Crippen molar-refractivity contribution >= 4 is 30.8 Å². The molecule has 2 aromatic carbocycles. The maximum absolute atomic E-state index is 13.1. The number of aromatic amines is 1. The lowest BCUT2D eigenvalue weighted by molar-refractivity contribution is 0.174. The van der Waals surface area contributed by atoms with Gasteiger partial charge >= 0.3 is 0 Å². The summed E-state index contributed by atoms with van der Waals surface area (Å²) in [7, 11) is -8.46. The molecular weight excluding hydrogens is 368 g/mol. The average molecular weight is 380 g/mol. The molecule has 3 aromatic rings. The lowest BCUT2D eigenvalue weighted by atomic mass is 10.2. The van der Waals surface area contributed by atoms with Crippen LogP contribution < -0.4 is 14.6 Å². The van der Waals surface area contributed by atoms with Crippen LogP contribution in [0, 0.1) is 0 Å². The van der Waals surface area contributed by atoms with Crippen LogP contribution in [0.25, 0.3) is 10.9 Å². The largest absolute Gasteiger partial charge is 0.454 e. The number of fused-ring (bicyclic) bond motifs is 2. The van der Waals surface area contributed by atoms with Crippen molar-refractivity contribution in [3.8, 4) is 11.5 Å². The highest BCUT2D eigenvalue weighted by Crippen LogP contribution is 2.41. The average Bonchev–Trinajstić information content (AvgIpc) is 3.16. The van der Waals surface area contributed by atoms with Gasteiger partial charge in [-0.25, -0.2) is 22.0 Å². The second-order valence-electron chi connectivity index (χ2n) is 5.40. The van der Waals surface area contributed by atoms with Gasteiger partial charge < -0.3 is 14.5 Å². The molecule has 1 aromatic heterocycles. The molecule has 0 unspecified atom stereocenters. The molecule has 0 amide bonds. The molecule has 10 heteroatoms. The number of nitrogens with one attached hydrogen (secondary N) is 1. The molecule has 0 fully saturated rings. The maximum Gasteiger partial charge on any atom is 0.254 e. The van der Waals surface area contributed by atoms with Crippen molar-refractivity contribution < 1.29 is 26.3 Å². The van der Waals surface area contributed by atoms with Crippen LogP contribution >= 0.6 is 0 Å². The van der Waals surface area contributed by atoms with Crippen LogP contribution in [-0.4, -0.2) is 28.6 Å². The van der Waals surface area contributed by atoms with Crippen LogP contribution in [0.5, 0.6) is 11.5 Å². The number of hydrogen-bond acceptors (Lipinski definition) is 6. The Morgan fingerprint density at radius 1 is 0.960 bits per heavy atom. The van der Waals surface area contributed by atoms with E-state index in [1.807, 2.05) is 0 Å². The lowest BCUT2D eigenvalue weighted by Gasteiger charge is -2.06. The first-order valence-corrected chi connectivity index (χ1v) is 10.1. The van der Waals surface area contributed by atoms with Gasteiger partial charge in [-0.2, -0.15) is 0 Å². The molecule has 0 radical (unpaired) electrons. The van der Waals surface area contributed by atoms with E-state index >= 15 is 0 Å². The second kappa shape index (κ2) is 5.22. The van der Waals surface area contributed by atoms with E-state index in [4.69, 9.17) is 14.6 Å². The number of benzene rings is 2. The first-order chi connectivity index (χ1) is 11.8. The van der Waals surface area contributed by atoms with Crippen LogP contribution in [-0.2, 0) is 19.9 Å². The van der Waals surface area contributed by atoms with Gasteiger partial charge in [-0.15, -0.1) is 0 Å². The predicted octanol–water partition coefficient (Wildman–Crippen LogP) is 1.38. The number of H-pyrrole nitrogens is 1. The fourth-order valence-corrected chi connectivity index (χ4v) is 5.52. The van der Waals surface area contributed by atoms with E-state index in [9.17, 15) is 16.8 Å². The van der Waals surface area contributed by atoms with Gasteiger partial charge in [-0.1, -0.05) is 18.2 Å². The Balaban J connectivity index is 2.11. The van der Waals surface area contributed by atoms with Crippen molar-refractivity contribution in [3.05, 3.63) is 42.5 Å². The van der Waals surface area contributed by atoms with Crippen LogP contribution in [0.3, 0.4) is 0 Å². The Morgan fingerprint density at radius 3 is 2.24 bits per heavy atom. The number of primary sulfonamides is 1. The molecule has 2 heterocycles. The second-order valence-corrected chi connectivity index (χ2v) is 8.78. The standard InChI is InChI=1S/C15H12N2O6S2/c16-25(20,21)15-14(24(18,19)9-4-2-1-3-5-9)10-6-12-13(23-8-22-12)7-11(10)17-15/h1-7,17H,8H2,(H2,16,20,21). The van der Waals surface area contributed by atoms with E-state index in [0.717, 1.165) is 0 Å². The minimum absolute atomic E-state index is 0.00472. The van der Waals surface area contributed by atoms with Gasteiger partial charge in [0.2, 0.25) is 16.6 Å². The summed E-state index contributed by atoms with van der Waals surface area (Å²) in [6.07, 6.45) is 0. The summed E-state index contributed by atoms with van der Waals surface area (Å²) in [5.41, 5.74) is 0.266. The number of sulfonamides is 1. The SMILES string of the molecule is NS(=O)(=O)c1[nH]c2cc3c(cc2c1S(=O)(=O)c1ccccc1)OCO3. The van der Waals surface area contributed by atoms with Crippen molar-refractivity contribution in [2.24, 2.45) is 5.14 Å². The summed E-state index contributed by atoms with van der Waals surface area (Å²) < 4.78 is 60.6. The molecule has 130 valence electrons. The third-order valence-electron chi connectivity index (χ3n) is 3.82. The zero-order valence-corrected chi connectivity index (χ0v) is 14.2. The minimum Gasteiger partial charge on any atom is -0.454 e. The van der Waals surface area contributed by atoms with Crippen molar-refractivity contribution in [1.29, 1.82) is 0 Å². The van der Waals surface area contributed by atoms with Gasteiger partial charge in [0.15, 0.2) is 16.5 Å². The summed E-state index contributed by atoms with van der Waals surface area (Å²) in [4.78, 5) is 2.13. The van der Waals surface area contributed by atoms with Crippen molar-refractivity contribution in [2.75, 3.05) is 6.79 Å². The van der Waals surface area contributed by atoms with Crippen molar-refractivity contribution in [3.63, 3.8) is 0 Å². The van der Waals surface area contributed by atoms with Crippen LogP contribution in [0.2, 0.25) is 0 Å². The molecule has 0 aliphatic carbocycles. The number of hydrogen-bond donors (Lipinski definition) is 2. The number of aromatic nitrogens is 1. The summed E-state index contributed by atoms with van der Waals surface area (Å²) in [6, 6.07) is 10.4. The Kier molecular flexibility index (Phi) is 3.33. The van der Waals surface area contributed by atoms with Crippen molar-refractivity contribution in [1.82, 2.24) is 4.98 Å². The molecule has 4 rings (SSSR count). The highest BCUT2D eigenvalue weighted by molar-refractivity contribution is 7.93. The number of nitrogens with two attached hydrogens (primary N) is 1. The van der Waals surface area contributed by atoms with E-state index in [1.54, 1.807) is 18.2 Å². The minimum atomic E-state index is -4.32. The predicted molar refractivity (Wildman–Crippen MR) is 87.7 cm³/mol. The van der Waals surface area contributed by atoms with Crippen LogP contribution in [0.1, 0.15) is 0 Å². The molecular formula is C15H12N2O6S2. The Bertz CT molecular complexity index is 1200. The molecule has 8 nitrogen and oxygen atoms in total. The fourth-order valence-electron chi connectivity index (χ4n) is 2.72. The molecule has 0 saturated carbocycles. The Morgan fingerprint density at radius 2 is 1.60 bits per heavy atom. The van der Waals surface area contributed by atoms with E-state index in [-0.39, 0.29) is 22.6 Å². The van der Waals surface area contributed by atoms with Gasteiger partial charge in [0.05, 0.1) is 10.4 Å². The Labute approximate surface area is 143 Å². The quantitative estimate of drug-likeness (QED) is 0.706. The van der Waals surface area contributed by atoms with Gasteiger partial charge in [-0.05, 0) is 18.2 Å². The lowest BCUT2D eigenvalue weighted by Crippen LogP contribution is -2.16. The topological polar surface area (TPSA) is 129 Å². The van der Waals surface area contributed by atoms with Gasteiger partial charge in [0.1, 0.15) is 4.90 Å². The summed E-state index contributed by atoms with van der Waals surface area (Å²) in [6.45, 7) is 0.00472. The first-order valence-electron chi connectivity index (χ1n) is 7.07. The summed E-state index contributed by atoms with van der Waals surface area (Å²) >= 11 is 0. The summed E-state index contributed by atoms with van der Waals surface area (Å²) in [5, 5.41) is 4.82. The number of ether oxygens (including phenoxy) is 2.